The normalized spacial score (nSPS) is 17.4. The summed E-state index contributed by atoms with van der Waals surface area (Å²) in [5, 5.41) is 12.0. The summed E-state index contributed by atoms with van der Waals surface area (Å²) in [6.07, 6.45) is 1.16. The maximum Gasteiger partial charge on any atom is 0.229 e. The number of carbonyl (C=O) groups is 1. The fourth-order valence-electron chi connectivity index (χ4n) is 1.90. The van der Waals surface area contributed by atoms with Crippen molar-refractivity contribution in [1.82, 2.24) is 0 Å². The quantitative estimate of drug-likeness (QED) is 0.839. The second-order valence-electron chi connectivity index (χ2n) is 4.52. The Morgan fingerprint density at radius 3 is 3.10 bits per heavy atom. The summed E-state index contributed by atoms with van der Waals surface area (Å²) in [6.45, 7) is 1.11. The van der Waals surface area contributed by atoms with Gasteiger partial charge in [-0.15, -0.1) is 0 Å². The molecule has 5 heteroatoms. The van der Waals surface area contributed by atoms with Crippen molar-refractivity contribution in [1.29, 1.82) is 0 Å². The van der Waals surface area contributed by atoms with Crippen LogP contribution in [0.5, 0.6) is 0 Å². The molecule has 1 amide bonds. The van der Waals surface area contributed by atoms with Crippen molar-refractivity contribution in [3.05, 3.63) is 28.8 Å². The van der Waals surface area contributed by atoms with E-state index in [1.807, 2.05) is 0 Å². The molecule has 1 unspecified atom stereocenters. The zero-order valence-corrected chi connectivity index (χ0v) is 11.7. The van der Waals surface area contributed by atoms with Gasteiger partial charge < -0.3 is 15.2 Å². The summed E-state index contributed by atoms with van der Waals surface area (Å²) in [7, 11) is 0. The summed E-state index contributed by atoms with van der Waals surface area (Å²) in [5.41, 5.74) is 1.31. The van der Waals surface area contributed by atoms with Crippen molar-refractivity contribution in [3.8, 4) is 11.8 Å². The number of aliphatic hydroxyl groups excluding tert-OH is 1. The van der Waals surface area contributed by atoms with Crippen molar-refractivity contribution in [2.45, 2.75) is 12.8 Å². The number of aliphatic hydroxyl groups is 1. The molecule has 1 aromatic rings. The predicted molar refractivity (Wildman–Crippen MR) is 77.6 cm³/mol. The monoisotopic (exact) mass is 293 g/mol. The molecule has 1 aromatic carbocycles. The van der Waals surface area contributed by atoms with Gasteiger partial charge in [-0.1, -0.05) is 23.4 Å². The first-order valence-corrected chi connectivity index (χ1v) is 6.86. The van der Waals surface area contributed by atoms with Crippen LogP contribution in [0.25, 0.3) is 0 Å². The molecule has 2 N–H and O–H groups in total. The van der Waals surface area contributed by atoms with Crippen molar-refractivity contribution in [2.24, 2.45) is 5.92 Å². The van der Waals surface area contributed by atoms with Crippen LogP contribution >= 0.6 is 11.6 Å². The van der Waals surface area contributed by atoms with Gasteiger partial charge in [0.25, 0.3) is 0 Å². The molecule has 0 saturated carbocycles. The lowest BCUT2D eigenvalue weighted by molar-refractivity contribution is -0.119. The second kappa shape index (κ2) is 7.30. The van der Waals surface area contributed by atoms with Crippen LogP contribution < -0.4 is 5.32 Å². The van der Waals surface area contributed by atoms with E-state index in [1.54, 1.807) is 18.2 Å². The predicted octanol–water partition coefficient (Wildman–Crippen LogP) is 2.05. The first kappa shape index (κ1) is 14.9. The highest BCUT2D eigenvalue weighted by Gasteiger charge is 2.23. The Bertz CT molecular complexity index is 542. The van der Waals surface area contributed by atoms with E-state index >= 15 is 0 Å². The molecule has 2 rings (SSSR count). The number of ether oxygens (including phenoxy) is 1. The Kier molecular flexibility index (Phi) is 5.42. The molecule has 1 atom stereocenters. The number of hydrogen-bond donors (Lipinski definition) is 2. The van der Waals surface area contributed by atoms with E-state index in [1.165, 1.54) is 0 Å². The Morgan fingerprint density at radius 2 is 2.40 bits per heavy atom. The molecule has 1 fully saturated rings. The lowest BCUT2D eigenvalue weighted by Crippen LogP contribution is -2.23. The van der Waals surface area contributed by atoms with Crippen LogP contribution in [0.15, 0.2) is 18.2 Å². The zero-order chi connectivity index (χ0) is 14.4. The first-order chi connectivity index (χ1) is 9.70. The number of benzene rings is 1. The van der Waals surface area contributed by atoms with Crippen LogP contribution in [0.2, 0.25) is 5.02 Å². The number of hydrogen-bond acceptors (Lipinski definition) is 3. The van der Waals surface area contributed by atoms with Gasteiger partial charge in [0, 0.05) is 18.6 Å². The minimum absolute atomic E-state index is 0.0336. The molecule has 20 heavy (non-hydrogen) atoms. The van der Waals surface area contributed by atoms with Gasteiger partial charge in [-0.25, -0.2) is 0 Å². The maximum absolute atomic E-state index is 12.0. The van der Waals surface area contributed by atoms with Gasteiger partial charge in [0.05, 0.1) is 29.8 Å². The first-order valence-electron chi connectivity index (χ1n) is 6.48. The van der Waals surface area contributed by atoms with E-state index in [-0.39, 0.29) is 18.4 Å². The topological polar surface area (TPSA) is 58.6 Å². The van der Waals surface area contributed by atoms with E-state index in [4.69, 9.17) is 21.4 Å². The van der Waals surface area contributed by atoms with Gasteiger partial charge in [0.1, 0.15) is 0 Å². The van der Waals surface area contributed by atoms with Crippen LogP contribution in [0, 0.1) is 17.8 Å². The van der Waals surface area contributed by atoms with Gasteiger partial charge in [-0.2, -0.15) is 0 Å². The van der Waals surface area contributed by atoms with Crippen LogP contribution in [0.4, 0.5) is 5.69 Å². The number of amides is 1. The molecule has 1 aliphatic rings. The Morgan fingerprint density at radius 1 is 1.55 bits per heavy atom. The number of halogens is 1. The highest BCUT2D eigenvalue weighted by atomic mass is 35.5. The third kappa shape index (κ3) is 3.97. The Balaban J connectivity index is 2.08. The maximum atomic E-state index is 12.0. The Labute approximate surface area is 123 Å². The number of rotatable bonds is 3. The van der Waals surface area contributed by atoms with Crippen LogP contribution in [0.1, 0.15) is 18.4 Å². The molecule has 1 saturated heterocycles. The summed E-state index contributed by atoms with van der Waals surface area (Å²) < 4.78 is 5.20. The fourth-order valence-corrected chi connectivity index (χ4v) is 2.06. The van der Waals surface area contributed by atoms with Crippen molar-refractivity contribution in [3.63, 3.8) is 0 Å². The van der Waals surface area contributed by atoms with Crippen molar-refractivity contribution in [2.75, 3.05) is 25.1 Å². The standard InChI is InChI=1S/C15H16ClNO3/c16-13-5-4-11(3-1-2-7-18)9-14(13)17-15(19)12-6-8-20-10-12/h4-5,9,12,18H,2,6-8,10H2,(H,17,19). The molecular weight excluding hydrogens is 278 g/mol. The van der Waals surface area contributed by atoms with Crippen molar-refractivity contribution >= 4 is 23.2 Å². The smallest absolute Gasteiger partial charge is 0.229 e. The van der Waals surface area contributed by atoms with Gasteiger partial charge in [-0.05, 0) is 24.6 Å². The highest BCUT2D eigenvalue weighted by Crippen LogP contribution is 2.24. The minimum Gasteiger partial charge on any atom is -0.395 e. The Hall–Kier alpha value is -1.54. The lowest BCUT2D eigenvalue weighted by atomic mass is 10.1. The molecule has 1 aliphatic heterocycles. The largest absolute Gasteiger partial charge is 0.395 e. The zero-order valence-electron chi connectivity index (χ0n) is 11.0. The van der Waals surface area contributed by atoms with Crippen LogP contribution in [-0.2, 0) is 9.53 Å². The summed E-state index contributed by atoms with van der Waals surface area (Å²) in [6, 6.07) is 5.22. The van der Waals surface area contributed by atoms with E-state index in [2.05, 4.69) is 17.2 Å². The molecular formula is C15H16ClNO3. The van der Waals surface area contributed by atoms with Crippen LogP contribution in [-0.4, -0.2) is 30.8 Å². The fraction of sp³-hybridized carbons (Fsp3) is 0.400. The van der Waals surface area contributed by atoms with E-state index < -0.39 is 0 Å². The van der Waals surface area contributed by atoms with E-state index in [0.717, 1.165) is 12.0 Å². The van der Waals surface area contributed by atoms with Gasteiger partial charge in [0.15, 0.2) is 0 Å². The molecule has 4 nitrogen and oxygen atoms in total. The molecule has 0 bridgehead atoms. The van der Waals surface area contributed by atoms with Gasteiger partial charge in [-0.3, -0.25) is 4.79 Å². The minimum atomic E-state index is -0.116. The summed E-state index contributed by atoms with van der Waals surface area (Å²) in [5.74, 6) is 5.55. The molecule has 0 aromatic heterocycles. The van der Waals surface area contributed by atoms with E-state index in [9.17, 15) is 4.79 Å². The second-order valence-corrected chi connectivity index (χ2v) is 4.93. The third-order valence-corrected chi connectivity index (χ3v) is 3.32. The third-order valence-electron chi connectivity index (χ3n) is 2.99. The summed E-state index contributed by atoms with van der Waals surface area (Å²) in [4.78, 5) is 12.0. The van der Waals surface area contributed by atoms with E-state index in [0.29, 0.717) is 30.3 Å². The molecule has 0 aliphatic carbocycles. The van der Waals surface area contributed by atoms with Gasteiger partial charge >= 0.3 is 0 Å². The molecule has 0 spiro atoms. The highest BCUT2D eigenvalue weighted by molar-refractivity contribution is 6.33. The molecule has 1 heterocycles. The average Bonchev–Trinajstić information content (AvgIpc) is 2.97. The molecule has 0 radical (unpaired) electrons. The van der Waals surface area contributed by atoms with Crippen LogP contribution in [0.3, 0.4) is 0 Å². The average molecular weight is 294 g/mol. The molecule has 106 valence electrons. The SMILES string of the molecule is O=C(Nc1cc(C#CCCO)ccc1Cl)C1CCOC1. The van der Waals surface area contributed by atoms with Gasteiger partial charge in [0.2, 0.25) is 5.91 Å². The number of anilines is 1. The lowest BCUT2D eigenvalue weighted by Gasteiger charge is -2.11. The summed E-state index contributed by atoms with van der Waals surface area (Å²) >= 11 is 6.07. The van der Waals surface area contributed by atoms with Crippen molar-refractivity contribution < 1.29 is 14.6 Å². The number of carbonyl (C=O) groups excluding carboxylic acids is 1. The number of nitrogens with one attached hydrogen (secondary N) is 1.